The number of nitro groups is 1. The fourth-order valence-corrected chi connectivity index (χ4v) is 4.15. The van der Waals surface area contributed by atoms with Gasteiger partial charge in [0.2, 0.25) is 6.54 Å². The Balaban J connectivity index is 2.01. The van der Waals surface area contributed by atoms with E-state index < -0.39 is 5.92 Å². The normalized spacial score (nSPS) is 12.2. The molecule has 4 aromatic rings. The van der Waals surface area contributed by atoms with Crippen molar-refractivity contribution in [2.24, 2.45) is 0 Å². The molecule has 0 N–H and O–H groups in total. The zero-order valence-electron chi connectivity index (χ0n) is 14.8. The number of hydrogen-bond acceptors (Lipinski definition) is 2. The van der Waals surface area contributed by atoms with Crippen molar-refractivity contribution >= 4 is 28.7 Å². The average molecular weight is 411 g/mol. The second kappa shape index (κ2) is 7.66. The van der Waals surface area contributed by atoms with Crippen LogP contribution in [-0.2, 0) is 0 Å². The summed E-state index contributed by atoms with van der Waals surface area (Å²) >= 11 is 12.5. The first kappa shape index (κ1) is 18.5. The Labute approximate surface area is 172 Å². The molecule has 28 heavy (non-hydrogen) atoms. The summed E-state index contributed by atoms with van der Waals surface area (Å²) in [5.74, 6) is -0.528. The minimum atomic E-state index is -0.528. The summed E-state index contributed by atoms with van der Waals surface area (Å²) in [6.07, 6.45) is 1.92. The van der Waals surface area contributed by atoms with Crippen molar-refractivity contribution < 1.29 is 4.92 Å². The molecule has 6 heteroatoms. The number of benzene rings is 2. The van der Waals surface area contributed by atoms with Crippen LogP contribution in [0.1, 0.15) is 17.2 Å². The molecule has 2 aromatic heterocycles. The molecule has 2 heterocycles. The van der Waals surface area contributed by atoms with Crippen LogP contribution in [0.15, 0.2) is 79.0 Å². The molecule has 0 saturated heterocycles. The lowest BCUT2D eigenvalue weighted by atomic mass is 9.91. The zero-order chi connectivity index (χ0) is 19.7. The molecule has 1 atom stereocenters. The van der Waals surface area contributed by atoms with Gasteiger partial charge in [-0.05, 0) is 41.5 Å². The SMILES string of the molecule is O=[N+]([O-])C[C@@H](c1ccc(Cl)cc1Cl)c1c(-c2ccccc2)cc2ccccn12. The van der Waals surface area contributed by atoms with Crippen LogP contribution in [0.25, 0.3) is 16.6 Å². The number of halogens is 2. The largest absolute Gasteiger partial charge is 0.319 e. The predicted octanol–water partition coefficient (Wildman–Crippen LogP) is 6.32. The highest BCUT2D eigenvalue weighted by molar-refractivity contribution is 6.35. The van der Waals surface area contributed by atoms with Gasteiger partial charge in [0.15, 0.2) is 0 Å². The molecule has 0 fully saturated rings. The predicted molar refractivity (Wildman–Crippen MR) is 113 cm³/mol. The summed E-state index contributed by atoms with van der Waals surface area (Å²) in [6, 6.07) is 22.9. The highest BCUT2D eigenvalue weighted by atomic mass is 35.5. The van der Waals surface area contributed by atoms with Crippen molar-refractivity contribution in [1.82, 2.24) is 4.40 Å². The summed E-state index contributed by atoms with van der Waals surface area (Å²) in [5, 5.41) is 12.5. The molecule has 0 aliphatic heterocycles. The minimum absolute atomic E-state index is 0.276. The Hall–Kier alpha value is -2.82. The van der Waals surface area contributed by atoms with Crippen LogP contribution in [0.4, 0.5) is 0 Å². The van der Waals surface area contributed by atoms with E-state index in [-0.39, 0.29) is 11.5 Å². The fourth-order valence-electron chi connectivity index (χ4n) is 3.61. The topological polar surface area (TPSA) is 47.5 Å². The Bertz CT molecular complexity index is 1160. The van der Waals surface area contributed by atoms with Crippen LogP contribution in [0.3, 0.4) is 0 Å². The van der Waals surface area contributed by atoms with E-state index in [1.165, 1.54) is 0 Å². The van der Waals surface area contributed by atoms with Crippen LogP contribution < -0.4 is 0 Å². The monoisotopic (exact) mass is 410 g/mol. The molecule has 0 saturated carbocycles. The third kappa shape index (κ3) is 3.49. The average Bonchev–Trinajstić information content (AvgIpc) is 3.06. The van der Waals surface area contributed by atoms with E-state index in [0.29, 0.717) is 15.6 Å². The summed E-state index contributed by atoms with van der Waals surface area (Å²) in [7, 11) is 0. The number of fused-ring (bicyclic) bond motifs is 1. The first-order valence-corrected chi connectivity index (χ1v) is 9.52. The van der Waals surface area contributed by atoms with Crippen LogP contribution in [0, 0.1) is 10.1 Å². The second-order valence-corrected chi connectivity index (χ2v) is 7.38. The highest BCUT2D eigenvalue weighted by Crippen LogP contribution is 2.39. The maximum absolute atomic E-state index is 11.6. The summed E-state index contributed by atoms with van der Waals surface area (Å²) < 4.78 is 2.00. The van der Waals surface area contributed by atoms with Crippen LogP contribution >= 0.6 is 23.2 Å². The van der Waals surface area contributed by atoms with E-state index in [9.17, 15) is 10.1 Å². The lowest BCUT2D eigenvalue weighted by Gasteiger charge is -2.18. The van der Waals surface area contributed by atoms with Gasteiger partial charge < -0.3 is 4.40 Å². The molecular formula is C22H16Cl2N2O2. The first-order chi connectivity index (χ1) is 13.5. The molecule has 140 valence electrons. The van der Waals surface area contributed by atoms with Gasteiger partial charge >= 0.3 is 0 Å². The van der Waals surface area contributed by atoms with Crippen molar-refractivity contribution in [2.75, 3.05) is 6.54 Å². The number of hydrogen-bond donors (Lipinski definition) is 0. The van der Waals surface area contributed by atoms with E-state index in [0.717, 1.165) is 22.3 Å². The van der Waals surface area contributed by atoms with Crippen LogP contribution in [0.2, 0.25) is 10.0 Å². The Morgan fingerprint density at radius 2 is 1.71 bits per heavy atom. The lowest BCUT2D eigenvalue weighted by molar-refractivity contribution is -0.481. The third-order valence-electron chi connectivity index (χ3n) is 4.80. The van der Waals surface area contributed by atoms with Crippen LogP contribution in [0.5, 0.6) is 0 Å². The molecule has 4 nitrogen and oxygen atoms in total. The Kier molecular flexibility index (Phi) is 5.07. The smallest absolute Gasteiger partial charge is 0.216 e. The molecule has 0 amide bonds. The summed E-state index contributed by atoms with van der Waals surface area (Å²) in [4.78, 5) is 11.3. The lowest BCUT2D eigenvalue weighted by Crippen LogP contribution is -2.17. The van der Waals surface area contributed by atoms with Crippen molar-refractivity contribution in [3.8, 4) is 11.1 Å². The Morgan fingerprint density at radius 1 is 0.964 bits per heavy atom. The number of rotatable bonds is 5. The highest BCUT2D eigenvalue weighted by Gasteiger charge is 2.28. The standard InChI is InChI=1S/C22H16Cl2N2O2/c23-16-9-10-18(21(24)12-16)20(14-26(27)28)22-19(15-6-2-1-3-7-15)13-17-8-4-5-11-25(17)22/h1-13,20H,14H2/t20-/m0/s1. The van der Waals surface area contributed by atoms with Gasteiger partial charge in [-0.15, -0.1) is 0 Å². The van der Waals surface area contributed by atoms with Gasteiger partial charge in [-0.25, -0.2) is 0 Å². The molecular weight excluding hydrogens is 395 g/mol. The molecule has 2 aromatic carbocycles. The molecule has 0 radical (unpaired) electrons. The van der Waals surface area contributed by atoms with Gasteiger partial charge in [-0.1, -0.05) is 65.7 Å². The molecule has 0 spiro atoms. The molecule has 4 rings (SSSR count). The maximum Gasteiger partial charge on any atom is 0.216 e. The van der Waals surface area contributed by atoms with Gasteiger partial charge in [0.05, 0.1) is 5.92 Å². The van der Waals surface area contributed by atoms with Gasteiger partial charge in [0, 0.05) is 37.9 Å². The quantitative estimate of drug-likeness (QED) is 0.285. The van der Waals surface area contributed by atoms with Crippen LogP contribution in [-0.4, -0.2) is 15.9 Å². The molecule has 0 aliphatic carbocycles. The fraction of sp³-hybridized carbons (Fsp3) is 0.0909. The van der Waals surface area contributed by atoms with Crippen molar-refractivity contribution in [3.63, 3.8) is 0 Å². The number of pyridine rings is 1. The maximum atomic E-state index is 11.6. The van der Waals surface area contributed by atoms with E-state index in [1.54, 1.807) is 18.2 Å². The van der Waals surface area contributed by atoms with Gasteiger partial charge in [-0.3, -0.25) is 10.1 Å². The van der Waals surface area contributed by atoms with Crippen molar-refractivity contribution in [1.29, 1.82) is 0 Å². The number of aromatic nitrogens is 1. The minimum Gasteiger partial charge on any atom is -0.319 e. The van der Waals surface area contributed by atoms with Gasteiger partial charge in [-0.2, -0.15) is 0 Å². The van der Waals surface area contributed by atoms with Gasteiger partial charge in [0.25, 0.3) is 0 Å². The molecule has 0 bridgehead atoms. The molecule has 0 unspecified atom stereocenters. The van der Waals surface area contributed by atoms with Crippen molar-refractivity contribution in [3.05, 3.63) is 110 Å². The Morgan fingerprint density at radius 3 is 2.43 bits per heavy atom. The van der Waals surface area contributed by atoms with E-state index in [2.05, 4.69) is 6.07 Å². The summed E-state index contributed by atoms with van der Waals surface area (Å²) in [5.41, 5.74) is 4.44. The second-order valence-electron chi connectivity index (χ2n) is 6.54. The van der Waals surface area contributed by atoms with E-state index >= 15 is 0 Å². The first-order valence-electron chi connectivity index (χ1n) is 8.77. The number of nitrogens with zero attached hydrogens (tertiary/aromatic N) is 2. The van der Waals surface area contributed by atoms with Crippen molar-refractivity contribution in [2.45, 2.75) is 5.92 Å². The molecule has 0 aliphatic rings. The third-order valence-corrected chi connectivity index (χ3v) is 5.37. The van der Waals surface area contributed by atoms with Gasteiger partial charge in [0.1, 0.15) is 0 Å². The zero-order valence-corrected chi connectivity index (χ0v) is 16.3. The van der Waals surface area contributed by atoms with E-state index in [4.69, 9.17) is 23.2 Å². The van der Waals surface area contributed by atoms with E-state index in [1.807, 2.05) is 59.1 Å². The summed E-state index contributed by atoms with van der Waals surface area (Å²) in [6.45, 7) is -0.276.